The van der Waals surface area contributed by atoms with Crippen molar-refractivity contribution in [3.05, 3.63) is 58.7 Å². The molecule has 2 unspecified atom stereocenters. The monoisotopic (exact) mass is 427 g/mol. The van der Waals surface area contributed by atoms with Crippen molar-refractivity contribution in [2.75, 3.05) is 6.61 Å². The van der Waals surface area contributed by atoms with Crippen LogP contribution in [0, 0.1) is 0 Å². The molecule has 7 heteroatoms. The average molecular weight is 428 g/mol. The molecule has 0 amide bonds. The summed E-state index contributed by atoms with van der Waals surface area (Å²) >= 11 is 3.48. The van der Waals surface area contributed by atoms with Crippen LogP contribution in [0.1, 0.15) is 24.9 Å². The Kier molecular flexibility index (Phi) is 4.94. The fourth-order valence-electron chi connectivity index (χ4n) is 3.27. The van der Waals surface area contributed by atoms with Crippen LogP contribution in [0.5, 0.6) is 0 Å². The highest BCUT2D eigenvalue weighted by atomic mass is 79.9. The molecular formula is C20H18BrN3O3. The molecule has 138 valence electrons. The van der Waals surface area contributed by atoms with Gasteiger partial charge in [-0.15, -0.1) is 0 Å². The number of guanidine groups is 1. The van der Waals surface area contributed by atoms with Crippen molar-refractivity contribution in [1.29, 1.82) is 0 Å². The topological polar surface area (TPSA) is 63.5 Å². The highest BCUT2D eigenvalue weighted by Gasteiger charge is 2.34. The fraction of sp³-hybridized carbons (Fsp3) is 0.250. The zero-order chi connectivity index (χ0) is 18.8. The largest absolute Gasteiger partial charge is 0.510 e. The standard InChI is InChI=1S/C20H18BrN3O3/c1-2-26-20(25)27-18-10-17(24-12-16(21)11-22-19(24)23-18)15-8-7-13-5-3-4-6-14(13)9-15/h3-9,11-12,17-18H,2,10H2,1H3. The van der Waals surface area contributed by atoms with Crippen molar-refractivity contribution < 1.29 is 14.3 Å². The quantitative estimate of drug-likeness (QED) is 0.662. The van der Waals surface area contributed by atoms with Crippen molar-refractivity contribution in [1.82, 2.24) is 4.90 Å². The second-order valence-electron chi connectivity index (χ2n) is 6.22. The molecule has 0 radical (unpaired) electrons. The molecule has 2 aromatic carbocycles. The van der Waals surface area contributed by atoms with Crippen LogP contribution in [0.3, 0.4) is 0 Å². The first-order valence-electron chi connectivity index (χ1n) is 8.73. The summed E-state index contributed by atoms with van der Waals surface area (Å²) in [7, 11) is 0. The molecule has 2 aliphatic heterocycles. The van der Waals surface area contributed by atoms with Gasteiger partial charge in [-0.05, 0) is 45.3 Å². The molecule has 0 saturated heterocycles. The van der Waals surface area contributed by atoms with E-state index in [4.69, 9.17) is 9.47 Å². The summed E-state index contributed by atoms with van der Waals surface area (Å²) in [6, 6.07) is 14.5. The maximum absolute atomic E-state index is 11.8. The zero-order valence-corrected chi connectivity index (χ0v) is 16.3. The minimum absolute atomic E-state index is 0.0634. The van der Waals surface area contributed by atoms with Crippen molar-refractivity contribution in [2.24, 2.45) is 9.98 Å². The minimum Gasteiger partial charge on any atom is -0.435 e. The van der Waals surface area contributed by atoms with E-state index in [0.717, 1.165) is 15.4 Å². The summed E-state index contributed by atoms with van der Waals surface area (Å²) < 4.78 is 11.1. The van der Waals surface area contributed by atoms with Gasteiger partial charge in [0, 0.05) is 18.8 Å². The molecule has 0 N–H and O–H groups in total. The van der Waals surface area contributed by atoms with Crippen LogP contribution in [0.4, 0.5) is 4.79 Å². The maximum atomic E-state index is 11.8. The Bertz CT molecular complexity index is 970. The zero-order valence-electron chi connectivity index (χ0n) is 14.7. The van der Waals surface area contributed by atoms with E-state index in [9.17, 15) is 4.79 Å². The number of allylic oxidation sites excluding steroid dienone is 1. The summed E-state index contributed by atoms with van der Waals surface area (Å²) in [5.41, 5.74) is 1.10. The number of hydrogen-bond donors (Lipinski definition) is 0. The number of aliphatic imine (C=N–C) groups is 2. The number of rotatable bonds is 3. The van der Waals surface area contributed by atoms with Crippen LogP contribution in [-0.2, 0) is 9.47 Å². The number of ether oxygens (including phenoxy) is 2. The summed E-state index contributed by atoms with van der Waals surface area (Å²) in [6.07, 6.45) is 2.78. The number of benzene rings is 2. The molecule has 0 aromatic heterocycles. The predicted octanol–water partition coefficient (Wildman–Crippen LogP) is 4.76. The highest BCUT2D eigenvalue weighted by Crippen LogP contribution is 2.35. The van der Waals surface area contributed by atoms with Gasteiger partial charge in [0.25, 0.3) is 0 Å². The van der Waals surface area contributed by atoms with Crippen LogP contribution >= 0.6 is 15.9 Å². The van der Waals surface area contributed by atoms with E-state index in [1.807, 2.05) is 23.2 Å². The van der Waals surface area contributed by atoms with Gasteiger partial charge >= 0.3 is 6.16 Å². The van der Waals surface area contributed by atoms with Gasteiger partial charge in [0.2, 0.25) is 12.2 Å². The lowest BCUT2D eigenvalue weighted by Gasteiger charge is -2.37. The van der Waals surface area contributed by atoms with Gasteiger partial charge < -0.3 is 14.4 Å². The van der Waals surface area contributed by atoms with E-state index in [2.05, 4.69) is 56.2 Å². The van der Waals surface area contributed by atoms with Crippen LogP contribution in [0.15, 0.2) is 63.1 Å². The van der Waals surface area contributed by atoms with Gasteiger partial charge in [-0.3, -0.25) is 0 Å². The van der Waals surface area contributed by atoms with E-state index in [-0.39, 0.29) is 12.6 Å². The number of hydrogen-bond acceptors (Lipinski definition) is 6. The number of fused-ring (bicyclic) bond motifs is 2. The van der Waals surface area contributed by atoms with Crippen LogP contribution in [-0.4, -0.2) is 36.1 Å². The summed E-state index contributed by atoms with van der Waals surface area (Å²) in [5, 5.41) is 2.34. The Morgan fingerprint density at radius 3 is 2.89 bits per heavy atom. The van der Waals surface area contributed by atoms with Gasteiger partial charge in [0.15, 0.2) is 0 Å². The second kappa shape index (κ2) is 7.52. The first-order chi connectivity index (χ1) is 13.1. The average Bonchev–Trinajstić information content (AvgIpc) is 2.67. The molecule has 0 spiro atoms. The molecule has 4 rings (SSSR count). The van der Waals surface area contributed by atoms with E-state index >= 15 is 0 Å². The third-order valence-electron chi connectivity index (χ3n) is 4.47. The van der Waals surface area contributed by atoms with Crippen molar-refractivity contribution >= 4 is 45.0 Å². The molecule has 6 nitrogen and oxygen atoms in total. The Labute approximate surface area is 165 Å². The molecule has 2 atom stereocenters. The molecule has 2 heterocycles. The first-order valence-corrected chi connectivity index (χ1v) is 9.53. The normalized spacial score (nSPS) is 21.3. The molecular weight excluding hydrogens is 410 g/mol. The predicted molar refractivity (Wildman–Crippen MR) is 108 cm³/mol. The van der Waals surface area contributed by atoms with Crippen LogP contribution in [0.25, 0.3) is 10.8 Å². The van der Waals surface area contributed by atoms with Gasteiger partial charge in [-0.25, -0.2) is 14.8 Å². The van der Waals surface area contributed by atoms with E-state index in [1.165, 1.54) is 5.39 Å². The molecule has 27 heavy (non-hydrogen) atoms. The molecule has 0 bridgehead atoms. The molecule has 0 saturated carbocycles. The molecule has 0 aliphatic carbocycles. The van der Waals surface area contributed by atoms with Crippen LogP contribution in [0.2, 0.25) is 0 Å². The number of nitrogens with zero attached hydrogens (tertiary/aromatic N) is 3. The summed E-state index contributed by atoms with van der Waals surface area (Å²) in [5.74, 6) is 0.511. The third kappa shape index (κ3) is 3.73. The first kappa shape index (κ1) is 17.7. The maximum Gasteiger partial charge on any atom is 0.510 e. The van der Waals surface area contributed by atoms with Crippen molar-refractivity contribution in [3.8, 4) is 0 Å². The van der Waals surface area contributed by atoms with E-state index < -0.39 is 12.4 Å². The number of carbonyl (C=O) groups excluding carboxylic acids is 1. The van der Waals surface area contributed by atoms with Gasteiger partial charge in [-0.1, -0.05) is 36.4 Å². The van der Waals surface area contributed by atoms with Gasteiger partial charge in [0.05, 0.1) is 17.1 Å². The minimum atomic E-state index is -0.714. The van der Waals surface area contributed by atoms with Crippen molar-refractivity contribution in [3.63, 3.8) is 0 Å². The Morgan fingerprint density at radius 2 is 2.07 bits per heavy atom. The van der Waals surface area contributed by atoms with Gasteiger partial charge in [0.1, 0.15) is 0 Å². The summed E-state index contributed by atoms with van der Waals surface area (Å²) in [6.45, 7) is 2.00. The Hall–Kier alpha value is -2.67. The van der Waals surface area contributed by atoms with E-state index in [1.54, 1.807) is 13.1 Å². The second-order valence-corrected chi connectivity index (χ2v) is 7.14. The molecule has 2 aromatic rings. The lowest BCUT2D eigenvalue weighted by atomic mass is 9.97. The van der Waals surface area contributed by atoms with Gasteiger partial charge in [-0.2, -0.15) is 0 Å². The Morgan fingerprint density at radius 1 is 1.26 bits per heavy atom. The number of halogens is 1. The highest BCUT2D eigenvalue weighted by molar-refractivity contribution is 9.12. The lowest BCUT2D eigenvalue weighted by Crippen LogP contribution is -2.39. The fourth-order valence-corrected chi connectivity index (χ4v) is 3.60. The summed E-state index contributed by atoms with van der Waals surface area (Å²) in [4.78, 5) is 22.6. The molecule has 0 fully saturated rings. The Balaban J connectivity index is 1.69. The molecule has 2 aliphatic rings. The van der Waals surface area contributed by atoms with Crippen LogP contribution < -0.4 is 0 Å². The van der Waals surface area contributed by atoms with Crippen molar-refractivity contribution in [2.45, 2.75) is 25.6 Å². The van der Waals surface area contributed by atoms with E-state index in [0.29, 0.717) is 12.4 Å². The smallest absolute Gasteiger partial charge is 0.435 e. The SMILES string of the molecule is CCOC(=O)OC1CC(c2ccc3ccccc3c2)N2C=C(Br)C=NC2=N1. The lowest BCUT2D eigenvalue weighted by molar-refractivity contribution is 0.0164. The third-order valence-corrected chi connectivity index (χ3v) is 4.88. The number of carbonyl (C=O) groups is 1.